The van der Waals surface area contributed by atoms with Crippen molar-refractivity contribution in [3.8, 4) is 0 Å². The molecule has 5 nitrogen and oxygen atoms in total. The van der Waals surface area contributed by atoms with Gasteiger partial charge in [-0.05, 0) is 30.4 Å². The largest absolute Gasteiger partial charge is 0.409 e. The highest BCUT2D eigenvalue weighted by molar-refractivity contribution is 6.00. The molecule has 5 heteroatoms. The van der Waals surface area contributed by atoms with Crippen LogP contribution in [-0.4, -0.2) is 29.6 Å². The van der Waals surface area contributed by atoms with Gasteiger partial charge in [0.1, 0.15) is 5.69 Å². The number of pyridine rings is 1. The van der Waals surface area contributed by atoms with Crippen LogP contribution in [0.3, 0.4) is 0 Å². The van der Waals surface area contributed by atoms with Gasteiger partial charge < -0.3 is 15.8 Å². The van der Waals surface area contributed by atoms with Crippen LogP contribution >= 0.6 is 0 Å². The fourth-order valence-electron chi connectivity index (χ4n) is 2.05. The summed E-state index contributed by atoms with van der Waals surface area (Å²) in [6.45, 7) is 3.24. The summed E-state index contributed by atoms with van der Waals surface area (Å²) in [6, 6.07) is 3.80. The highest BCUT2D eigenvalue weighted by Gasteiger charge is 2.33. The summed E-state index contributed by atoms with van der Waals surface area (Å²) >= 11 is 0. The molecule has 2 unspecified atom stereocenters. The first-order valence-corrected chi connectivity index (χ1v) is 5.77. The Morgan fingerprint density at radius 2 is 2.41 bits per heavy atom. The molecule has 0 spiro atoms. The third-order valence-corrected chi connectivity index (χ3v) is 3.33. The highest BCUT2D eigenvalue weighted by Crippen LogP contribution is 2.38. The van der Waals surface area contributed by atoms with Crippen molar-refractivity contribution >= 4 is 11.5 Å². The van der Waals surface area contributed by atoms with Crippen molar-refractivity contribution in [1.82, 2.24) is 4.98 Å². The highest BCUT2D eigenvalue weighted by atomic mass is 16.4. The molecule has 1 aliphatic rings. The van der Waals surface area contributed by atoms with Crippen LogP contribution in [0.2, 0.25) is 0 Å². The second-order valence-corrected chi connectivity index (χ2v) is 4.71. The maximum atomic E-state index is 8.74. The van der Waals surface area contributed by atoms with Gasteiger partial charge in [-0.3, -0.25) is 4.98 Å². The lowest BCUT2D eigenvalue weighted by molar-refractivity contribution is 0.318. The number of hydrogen-bond acceptors (Lipinski definition) is 4. The number of amidine groups is 1. The van der Waals surface area contributed by atoms with Crippen LogP contribution in [-0.2, 0) is 0 Å². The molecular weight excluding hydrogens is 216 g/mol. The summed E-state index contributed by atoms with van der Waals surface area (Å²) in [7, 11) is 2.01. The number of aromatic nitrogens is 1. The van der Waals surface area contributed by atoms with Crippen LogP contribution < -0.4 is 10.6 Å². The molecule has 1 heterocycles. The van der Waals surface area contributed by atoms with Gasteiger partial charge in [-0.25, -0.2) is 0 Å². The van der Waals surface area contributed by atoms with Gasteiger partial charge in [0.15, 0.2) is 5.84 Å². The molecule has 1 aromatic rings. The SMILES string of the molecule is CC1CC1CN(C)c1cccnc1/C(N)=N/O. The zero-order chi connectivity index (χ0) is 12.4. The molecule has 0 saturated heterocycles. The fraction of sp³-hybridized carbons (Fsp3) is 0.500. The van der Waals surface area contributed by atoms with E-state index in [1.165, 1.54) is 6.42 Å². The number of oxime groups is 1. The third-order valence-electron chi connectivity index (χ3n) is 3.33. The fourth-order valence-corrected chi connectivity index (χ4v) is 2.05. The van der Waals surface area contributed by atoms with E-state index >= 15 is 0 Å². The Labute approximate surface area is 101 Å². The van der Waals surface area contributed by atoms with Gasteiger partial charge in [0.05, 0.1) is 5.69 Å². The minimum absolute atomic E-state index is 0.0521. The standard InChI is InChI=1S/C12H18N4O/c1-8-6-9(8)7-16(2)10-4-3-5-14-11(10)12(13)15-17/h3-5,8-9,17H,6-7H2,1-2H3,(H2,13,15). The smallest absolute Gasteiger partial charge is 0.190 e. The maximum absolute atomic E-state index is 8.74. The van der Waals surface area contributed by atoms with E-state index in [9.17, 15) is 0 Å². The lowest BCUT2D eigenvalue weighted by Crippen LogP contribution is -2.26. The number of nitrogens with zero attached hydrogens (tertiary/aromatic N) is 3. The van der Waals surface area contributed by atoms with Crippen LogP contribution in [0.1, 0.15) is 19.0 Å². The molecule has 17 heavy (non-hydrogen) atoms. The molecule has 2 atom stereocenters. The first-order chi connectivity index (χ1) is 8.13. The molecule has 0 amide bonds. The molecule has 3 N–H and O–H groups in total. The predicted octanol–water partition coefficient (Wildman–Crippen LogP) is 1.27. The van der Waals surface area contributed by atoms with Gasteiger partial charge in [0, 0.05) is 19.8 Å². The van der Waals surface area contributed by atoms with Gasteiger partial charge in [0.2, 0.25) is 0 Å². The van der Waals surface area contributed by atoms with Crippen molar-refractivity contribution in [1.29, 1.82) is 0 Å². The van der Waals surface area contributed by atoms with Crippen molar-refractivity contribution in [3.05, 3.63) is 24.0 Å². The van der Waals surface area contributed by atoms with E-state index in [4.69, 9.17) is 10.9 Å². The van der Waals surface area contributed by atoms with Gasteiger partial charge >= 0.3 is 0 Å². The summed E-state index contributed by atoms with van der Waals surface area (Å²) in [5.41, 5.74) is 7.06. The number of anilines is 1. The molecule has 92 valence electrons. The van der Waals surface area contributed by atoms with Crippen LogP contribution in [0, 0.1) is 11.8 Å². The first-order valence-electron chi connectivity index (χ1n) is 5.77. The third kappa shape index (κ3) is 2.49. The topological polar surface area (TPSA) is 74.7 Å². The van der Waals surface area contributed by atoms with Gasteiger partial charge in [-0.2, -0.15) is 0 Å². The number of nitrogens with two attached hydrogens (primary N) is 1. The molecule has 0 aromatic carbocycles. The Hall–Kier alpha value is -1.78. The van der Waals surface area contributed by atoms with Gasteiger partial charge in [-0.1, -0.05) is 12.1 Å². The molecule has 1 saturated carbocycles. The molecule has 2 rings (SSSR count). The Balaban J connectivity index is 2.19. The molecule has 0 bridgehead atoms. The molecule has 0 aliphatic heterocycles. The summed E-state index contributed by atoms with van der Waals surface area (Å²) in [5.74, 6) is 1.61. The minimum atomic E-state index is 0.0521. The van der Waals surface area contributed by atoms with Crippen molar-refractivity contribution < 1.29 is 5.21 Å². The Bertz CT molecular complexity index is 432. The normalized spacial score (nSPS) is 23.5. The van der Waals surface area contributed by atoms with Gasteiger partial charge in [-0.15, -0.1) is 0 Å². The predicted molar refractivity (Wildman–Crippen MR) is 67.3 cm³/mol. The van der Waals surface area contributed by atoms with Crippen molar-refractivity contribution in [2.75, 3.05) is 18.5 Å². The second-order valence-electron chi connectivity index (χ2n) is 4.71. The van der Waals surface area contributed by atoms with Crippen LogP contribution in [0.4, 0.5) is 5.69 Å². The molecule has 0 radical (unpaired) electrons. The summed E-state index contributed by atoms with van der Waals surface area (Å²) in [6.07, 6.45) is 2.92. The molecule has 1 aromatic heterocycles. The minimum Gasteiger partial charge on any atom is -0.409 e. The van der Waals surface area contributed by atoms with Gasteiger partial charge in [0.25, 0.3) is 0 Å². The summed E-state index contributed by atoms with van der Waals surface area (Å²) in [4.78, 5) is 6.28. The lowest BCUT2D eigenvalue weighted by Gasteiger charge is -2.21. The first kappa shape index (κ1) is 11.7. The van der Waals surface area contributed by atoms with E-state index in [1.807, 2.05) is 19.2 Å². The maximum Gasteiger partial charge on any atom is 0.190 e. The quantitative estimate of drug-likeness (QED) is 0.356. The molecular formula is C12H18N4O. The zero-order valence-corrected chi connectivity index (χ0v) is 10.2. The van der Waals surface area contributed by atoms with Crippen LogP contribution in [0.15, 0.2) is 23.5 Å². The van der Waals surface area contributed by atoms with Crippen molar-refractivity contribution in [3.63, 3.8) is 0 Å². The molecule has 1 fully saturated rings. The van der Waals surface area contributed by atoms with E-state index in [2.05, 4.69) is 22.0 Å². The van der Waals surface area contributed by atoms with E-state index in [-0.39, 0.29) is 5.84 Å². The average Bonchev–Trinajstić information content (AvgIpc) is 3.03. The zero-order valence-electron chi connectivity index (χ0n) is 10.2. The monoisotopic (exact) mass is 234 g/mol. The average molecular weight is 234 g/mol. The van der Waals surface area contributed by atoms with Crippen molar-refractivity contribution in [2.24, 2.45) is 22.7 Å². The second kappa shape index (κ2) is 4.61. The van der Waals surface area contributed by atoms with Crippen LogP contribution in [0.5, 0.6) is 0 Å². The number of hydrogen-bond donors (Lipinski definition) is 2. The van der Waals surface area contributed by atoms with E-state index in [1.54, 1.807) is 6.20 Å². The van der Waals surface area contributed by atoms with E-state index < -0.39 is 0 Å². The number of rotatable bonds is 4. The Morgan fingerprint density at radius 1 is 1.71 bits per heavy atom. The van der Waals surface area contributed by atoms with Crippen LogP contribution in [0.25, 0.3) is 0 Å². The van der Waals surface area contributed by atoms with Crippen molar-refractivity contribution in [2.45, 2.75) is 13.3 Å². The Morgan fingerprint density at radius 3 is 3.00 bits per heavy atom. The van der Waals surface area contributed by atoms with E-state index in [0.29, 0.717) is 5.69 Å². The summed E-state index contributed by atoms with van der Waals surface area (Å²) in [5, 5.41) is 11.8. The summed E-state index contributed by atoms with van der Waals surface area (Å²) < 4.78 is 0. The lowest BCUT2D eigenvalue weighted by atomic mass is 10.2. The van der Waals surface area contributed by atoms with E-state index in [0.717, 1.165) is 24.1 Å². The Kier molecular flexibility index (Phi) is 3.17. The molecule has 1 aliphatic carbocycles.